The quantitative estimate of drug-likeness (QED) is 0.596. The average molecular weight is 311 g/mol. The van der Waals surface area contributed by atoms with Gasteiger partial charge in [0.25, 0.3) is 0 Å². The Morgan fingerprint density at radius 2 is 1.90 bits per heavy atom. The van der Waals surface area contributed by atoms with Crippen molar-refractivity contribution in [3.63, 3.8) is 0 Å². The van der Waals surface area contributed by atoms with Gasteiger partial charge in [0.05, 0.1) is 12.1 Å². The fourth-order valence-electron chi connectivity index (χ4n) is 3.38. The van der Waals surface area contributed by atoms with Crippen LogP contribution in [0.2, 0.25) is 5.02 Å². The van der Waals surface area contributed by atoms with Gasteiger partial charge in [0.15, 0.2) is 0 Å². The van der Waals surface area contributed by atoms with Crippen LogP contribution in [0.25, 0.3) is 0 Å². The molecule has 21 heavy (non-hydrogen) atoms. The Balaban J connectivity index is 2.05. The highest BCUT2D eigenvalue weighted by molar-refractivity contribution is 6.30. The number of hydrogen-bond acceptors (Lipinski definition) is 3. The molecule has 0 saturated heterocycles. The first-order chi connectivity index (χ1) is 10.2. The molecule has 1 aliphatic rings. The molecule has 1 aromatic rings. The standard InChI is InChI=1S/C17H27ClN2O/c1-2-21-17(14-6-4-3-5-7-14)16(20-19)12-13-8-10-15(18)11-9-13/h8-11,14,16-17,20H,2-7,12,19H2,1H3. The first-order valence-electron chi connectivity index (χ1n) is 8.06. The molecule has 2 atom stereocenters. The van der Waals surface area contributed by atoms with Gasteiger partial charge in [-0.25, -0.2) is 0 Å². The van der Waals surface area contributed by atoms with Crippen LogP contribution in [0.15, 0.2) is 24.3 Å². The molecule has 4 heteroatoms. The molecular weight excluding hydrogens is 284 g/mol. The van der Waals surface area contributed by atoms with Crippen LogP contribution in [-0.4, -0.2) is 18.8 Å². The molecule has 0 bridgehead atoms. The smallest absolute Gasteiger partial charge is 0.0772 e. The summed E-state index contributed by atoms with van der Waals surface area (Å²) in [5.74, 6) is 6.45. The van der Waals surface area contributed by atoms with E-state index in [4.69, 9.17) is 22.2 Å². The van der Waals surface area contributed by atoms with E-state index in [1.54, 1.807) is 0 Å². The third-order valence-corrected chi connectivity index (χ3v) is 4.71. The highest BCUT2D eigenvalue weighted by atomic mass is 35.5. The van der Waals surface area contributed by atoms with Gasteiger partial charge in [0.1, 0.15) is 0 Å². The summed E-state index contributed by atoms with van der Waals surface area (Å²) in [6.45, 7) is 2.80. The molecule has 118 valence electrons. The Labute approximate surface area is 133 Å². The lowest BCUT2D eigenvalue weighted by Crippen LogP contribution is -2.50. The van der Waals surface area contributed by atoms with Gasteiger partial charge in [0, 0.05) is 11.6 Å². The number of nitrogens with one attached hydrogen (secondary N) is 1. The van der Waals surface area contributed by atoms with E-state index in [0.717, 1.165) is 18.1 Å². The summed E-state index contributed by atoms with van der Waals surface area (Å²) in [5.41, 5.74) is 4.23. The second kappa shape index (κ2) is 8.74. The van der Waals surface area contributed by atoms with Crippen molar-refractivity contribution in [1.29, 1.82) is 0 Å². The van der Waals surface area contributed by atoms with Crippen molar-refractivity contribution in [2.24, 2.45) is 11.8 Å². The molecule has 0 aromatic heterocycles. The maximum absolute atomic E-state index is 6.06. The molecule has 2 rings (SSSR count). The molecule has 1 aliphatic carbocycles. The summed E-state index contributed by atoms with van der Waals surface area (Å²) >= 11 is 5.95. The van der Waals surface area contributed by atoms with E-state index in [1.165, 1.54) is 37.7 Å². The second-order valence-electron chi connectivity index (χ2n) is 5.92. The van der Waals surface area contributed by atoms with Gasteiger partial charge in [-0.15, -0.1) is 0 Å². The number of hydrogen-bond donors (Lipinski definition) is 2. The predicted molar refractivity (Wildman–Crippen MR) is 88.3 cm³/mol. The van der Waals surface area contributed by atoms with Crippen LogP contribution in [0, 0.1) is 5.92 Å². The van der Waals surface area contributed by atoms with Crippen LogP contribution >= 0.6 is 11.6 Å². The van der Waals surface area contributed by atoms with Crippen LogP contribution in [0.1, 0.15) is 44.6 Å². The zero-order valence-corrected chi connectivity index (χ0v) is 13.6. The molecular formula is C17H27ClN2O. The normalized spacial score (nSPS) is 19.4. The van der Waals surface area contributed by atoms with Gasteiger partial charge in [-0.05, 0) is 49.8 Å². The van der Waals surface area contributed by atoms with Crippen molar-refractivity contribution in [3.8, 4) is 0 Å². The van der Waals surface area contributed by atoms with Crippen molar-refractivity contribution in [1.82, 2.24) is 5.43 Å². The molecule has 0 radical (unpaired) electrons. The van der Waals surface area contributed by atoms with Gasteiger partial charge in [-0.1, -0.05) is 43.0 Å². The van der Waals surface area contributed by atoms with Gasteiger partial charge in [-0.2, -0.15) is 0 Å². The molecule has 3 N–H and O–H groups in total. The molecule has 0 heterocycles. The largest absolute Gasteiger partial charge is 0.377 e. The highest BCUT2D eigenvalue weighted by Gasteiger charge is 2.30. The summed E-state index contributed by atoms with van der Waals surface area (Å²) in [6, 6.07) is 8.14. The first-order valence-corrected chi connectivity index (χ1v) is 8.44. The third kappa shape index (κ3) is 4.96. The molecule has 3 nitrogen and oxygen atoms in total. The number of rotatable bonds is 7. The number of halogens is 1. The zero-order valence-electron chi connectivity index (χ0n) is 12.9. The van der Waals surface area contributed by atoms with E-state index in [1.807, 2.05) is 12.1 Å². The molecule has 1 saturated carbocycles. The van der Waals surface area contributed by atoms with Gasteiger partial charge < -0.3 is 4.74 Å². The molecule has 0 amide bonds. The fraction of sp³-hybridized carbons (Fsp3) is 0.647. The summed E-state index contributed by atoms with van der Waals surface area (Å²) in [7, 11) is 0. The molecule has 1 fully saturated rings. The highest BCUT2D eigenvalue weighted by Crippen LogP contribution is 2.30. The number of nitrogens with two attached hydrogens (primary N) is 1. The van der Waals surface area contributed by atoms with E-state index in [2.05, 4.69) is 24.5 Å². The predicted octanol–water partition coefficient (Wildman–Crippen LogP) is 3.70. The van der Waals surface area contributed by atoms with Crippen LogP contribution in [-0.2, 0) is 11.2 Å². The Morgan fingerprint density at radius 1 is 1.24 bits per heavy atom. The van der Waals surface area contributed by atoms with Gasteiger partial charge >= 0.3 is 0 Å². The third-order valence-electron chi connectivity index (χ3n) is 4.45. The van der Waals surface area contributed by atoms with Crippen LogP contribution in [0.5, 0.6) is 0 Å². The van der Waals surface area contributed by atoms with E-state index in [9.17, 15) is 0 Å². The lowest BCUT2D eigenvalue weighted by molar-refractivity contribution is -0.0175. The molecule has 0 aliphatic heterocycles. The van der Waals surface area contributed by atoms with Crippen molar-refractivity contribution < 1.29 is 4.74 Å². The van der Waals surface area contributed by atoms with Crippen LogP contribution in [0.3, 0.4) is 0 Å². The van der Waals surface area contributed by atoms with E-state index in [-0.39, 0.29) is 12.1 Å². The minimum atomic E-state index is 0.147. The SMILES string of the molecule is CCOC(C1CCCCC1)C(Cc1ccc(Cl)cc1)NN. The Hall–Kier alpha value is -0.610. The maximum Gasteiger partial charge on any atom is 0.0772 e. The van der Waals surface area contributed by atoms with Crippen LogP contribution in [0.4, 0.5) is 0 Å². The minimum Gasteiger partial charge on any atom is -0.377 e. The lowest BCUT2D eigenvalue weighted by atomic mass is 9.81. The van der Waals surface area contributed by atoms with E-state index < -0.39 is 0 Å². The van der Waals surface area contributed by atoms with Crippen LogP contribution < -0.4 is 11.3 Å². The summed E-state index contributed by atoms with van der Waals surface area (Å²) < 4.78 is 6.06. The number of hydrazine groups is 1. The Bertz CT molecular complexity index is 404. The monoisotopic (exact) mass is 310 g/mol. The first kappa shape index (κ1) is 16.8. The minimum absolute atomic E-state index is 0.147. The average Bonchev–Trinajstić information content (AvgIpc) is 2.53. The summed E-state index contributed by atoms with van der Waals surface area (Å²) in [6.07, 6.45) is 7.55. The van der Waals surface area contributed by atoms with Crippen molar-refractivity contribution in [3.05, 3.63) is 34.9 Å². The summed E-state index contributed by atoms with van der Waals surface area (Å²) in [4.78, 5) is 0. The van der Waals surface area contributed by atoms with E-state index >= 15 is 0 Å². The molecule has 0 spiro atoms. The zero-order chi connectivity index (χ0) is 15.1. The second-order valence-corrected chi connectivity index (χ2v) is 6.36. The van der Waals surface area contributed by atoms with Crippen molar-refractivity contribution in [2.45, 2.75) is 57.6 Å². The molecule has 2 unspecified atom stereocenters. The maximum atomic E-state index is 6.06. The Kier molecular flexibility index (Phi) is 6.97. The van der Waals surface area contributed by atoms with Gasteiger partial charge in [-0.3, -0.25) is 11.3 Å². The summed E-state index contributed by atoms with van der Waals surface area (Å²) in [5, 5.41) is 0.768. The fourth-order valence-corrected chi connectivity index (χ4v) is 3.51. The number of ether oxygens (including phenoxy) is 1. The van der Waals surface area contributed by atoms with Crippen molar-refractivity contribution >= 4 is 11.6 Å². The van der Waals surface area contributed by atoms with Crippen molar-refractivity contribution in [2.75, 3.05) is 6.61 Å². The topological polar surface area (TPSA) is 47.3 Å². The van der Waals surface area contributed by atoms with Gasteiger partial charge in [0.2, 0.25) is 0 Å². The lowest BCUT2D eigenvalue weighted by Gasteiger charge is -2.35. The Morgan fingerprint density at radius 3 is 2.48 bits per heavy atom. The molecule has 1 aromatic carbocycles. The number of benzene rings is 1. The van der Waals surface area contributed by atoms with E-state index in [0.29, 0.717) is 5.92 Å².